The van der Waals surface area contributed by atoms with E-state index in [4.69, 9.17) is 0 Å². The molecule has 1 aromatic carbocycles. The van der Waals surface area contributed by atoms with Crippen molar-refractivity contribution in [2.45, 2.75) is 26.3 Å². The summed E-state index contributed by atoms with van der Waals surface area (Å²) in [4.78, 5) is 29.6. The third-order valence-corrected chi connectivity index (χ3v) is 4.56. The van der Waals surface area contributed by atoms with Crippen LogP contribution >= 0.6 is 11.3 Å². The number of nitrogens with zero attached hydrogens (tertiary/aromatic N) is 3. The molecule has 0 saturated heterocycles. The second-order valence-corrected chi connectivity index (χ2v) is 5.92. The third-order valence-electron chi connectivity index (χ3n) is 3.65. The molecule has 6 nitrogen and oxygen atoms in total. The molecule has 1 amide bonds. The number of non-ortho nitro benzene ring substituents is 1. The van der Waals surface area contributed by atoms with E-state index in [1.54, 1.807) is 29.5 Å². The maximum atomic E-state index is 12.7. The predicted octanol–water partition coefficient (Wildman–Crippen LogP) is 2.95. The zero-order valence-corrected chi connectivity index (χ0v) is 12.4. The van der Waals surface area contributed by atoms with Crippen LogP contribution in [0, 0.1) is 17.0 Å². The van der Waals surface area contributed by atoms with E-state index in [1.807, 2.05) is 6.92 Å². The molecule has 0 radical (unpaired) electrons. The predicted molar refractivity (Wildman–Crippen MR) is 79.9 cm³/mol. The minimum atomic E-state index is -0.414. The van der Waals surface area contributed by atoms with Gasteiger partial charge in [0.2, 0.25) is 0 Å². The molecule has 0 fully saturated rings. The minimum Gasteiger partial charge on any atom is -0.304 e. The van der Waals surface area contributed by atoms with Gasteiger partial charge in [0.25, 0.3) is 11.6 Å². The lowest BCUT2D eigenvalue weighted by Gasteiger charge is -2.22. The van der Waals surface area contributed by atoms with E-state index in [9.17, 15) is 14.9 Å². The Balaban J connectivity index is 2.01. The van der Waals surface area contributed by atoms with Crippen molar-refractivity contribution in [1.29, 1.82) is 0 Å². The van der Waals surface area contributed by atoms with Gasteiger partial charge in [0, 0.05) is 23.9 Å². The normalized spacial score (nSPS) is 16.9. The number of anilines is 1. The van der Waals surface area contributed by atoms with Crippen molar-refractivity contribution < 1.29 is 9.72 Å². The summed E-state index contributed by atoms with van der Waals surface area (Å²) in [6, 6.07) is 4.64. The Hall–Kier alpha value is -2.28. The number of thiazole rings is 1. The summed E-state index contributed by atoms with van der Waals surface area (Å²) >= 11 is 1.32. The van der Waals surface area contributed by atoms with Gasteiger partial charge in [-0.2, -0.15) is 0 Å². The first kappa shape index (κ1) is 13.7. The number of fused-ring (bicyclic) bond motifs is 1. The molecule has 2 aromatic rings. The fourth-order valence-electron chi connectivity index (χ4n) is 2.66. The van der Waals surface area contributed by atoms with Crippen molar-refractivity contribution in [2.24, 2.45) is 0 Å². The smallest absolute Gasteiger partial charge is 0.270 e. The number of aryl methyl sites for hydroxylation is 1. The van der Waals surface area contributed by atoms with Crippen LogP contribution in [0.3, 0.4) is 0 Å². The van der Waals surface area contributed by atoms with Crippen LogP contribution in [0.4, 0.5) is 11.4 Å². The number of aromatic nitrogens is 1. The van der Waals surface area contributed by atoms with E-state index in [-0.39, 0.29) is 17.6 Å². The molecule has 1 unspecified atom stereocenters. The molecule has 0 aliphatic carbocycles. The van der Waals surface area contributed by atoms with Crippen molar-refractivity contribution in [1.82, 2.24) is 4.98 Å². The maximum Gasteiger partial charge on any atom is 0.270 e. The molecule has 1 aliphatic heterocycles. The van der Waals surface area contributed by atoms with Gasteiger partial charge in [0.05, 0.1) is 16.1 Å². The summed E-state index contributed by atoms with van der Waals surface area (Å²) in [7, 11) is 0. The Morgan fingerprint density at radius 3 is 2.90 bits per heavy atom. The van der Waals surface area contributed by atoms with Crippen LogP contribution in [0.1, 0.15) is 27.9 Å². The standard InChI is InChI=1S/C14H13N3O3S/c1-8-5-10-6-11(17(19)20)3-4-12(10)16(8)14(18)13-9(2)15-7-21-13/h3-4,6-8H,5H2,1-2H3. The number of benzene rings is 1. The lowest BCUT2D eigenvalue weighted by atomic mass is 10.1. The lowest BCUT2D eigenvalue weighted by Crippen LogP contribution is -2.35. The van der Waals surface area contributed by atoms with Crippen LogP contribution in [-0.4, -0.2) is 21.9 Å². The molecule has 1 aromatic heterocycles. The first-order valence-electron chi connectivity index (χ1n) is 6.50. The maximum absolute atomic E-state index is 12.7. The Morgan fingerprint density at radius 2 is 2.29 bits per heavy atom. The number of amides is 1. The molecular formula is C14H13N3O3S. The van der Waals surface area contributed by atoms with E-state index in [0.717, 1.165) is 11.3 Å². The first-order chi connectivity index (χ1) is 9.99. The monoisotopic (exact) mass is 303 g/mol. The van der Waals surface area contributed by atoms with Gasteiger partial charge in [0.1, 0.15) is 4.88 Å². The van der Waals surface area contributed by atoms with E-state index in [1.165, 1.54) is 17.4 Å². The van der Waals surface area contributed by atoms with Crippen molar-refractivity contribution >= 4 is 28.6 Å². The van der Waals surface area contributed by atoms with E-state index >= 15 is 0 Å². The molecule has 21 heavy (non-hydrogen) atoms. The third kappa shape index (κ3) is 2.19. The molecule has 1 aliphatic rings. The van der Waals surface area contributed by atoms with Gasteiger partial charge in [0.15, 0.2) is 0 Å². The number of carbonyl (C=O) groups excluding carboxylic acids is 1. The van der Waals surface area contributed by atoms with Gasteiger partial charge < -0.3 is 4.90 Å². The highest BCUT2D eigenvalue weighted by Gasteiger charge is 2.33. The second kappa shape index (κ2) is 4.92. The quantitative estimate of drug-likeness (QED) is 0.631. The highest BCUT2D eigenvalue weighted by Crippen LogP contribution is 2.36. The van der Waals surface area contributed by atoms with E-state index < -0.39 is 4.92 Å². The van der Waals surface area contributed by atoms with Crippen molar-refractivity contribution in [3.05, 3.63) is 50.0 Å². The van der Waals surface area contributed by atoms with Crippen LogP contribution in [0.25, 0.3) is 0 Å². The molecular weight excluding hydrogens is 290 g/mol. The SMILES string of the molecule is Cc1ncsc1C(=O)N1c2ccc([N+](=O)[O-])cc2CC1C. The highest BCUT2D eigenvalue weighted by molar-refractivity contribution is 7.12. The largest absolute Gasteiger partial charge is 0.304 e. The number of hydrogen-bond donors (Lipinski definition) is 0. The topological polar surface area (TPSA) is 76.3 Å². The summed E-state index contributed by atoms with van der Waals surface area (Å²) in [5, 5.41) is 10.8. The molecule has 7 heteroatoms. The van der Waals surface area contributed by atoms with Crippen LogP contribution < -0.4 is 4.90 Å². The fourth-order valence-corrected chi connectivity index (χ4v) is 3.40. The van der Waals surface area contributed by atoms with Gasteiger partial charge in [-0.15, -0.1) is 11.3 Å². The zero-order valence-electron chi connectivity index (χ0n) is 11.6. The lowest BCUT2D eigenvalue weighted by molar-refractivity contribution is -0.384. The van der Waals surface area contributed by atoms with Crippen LogP contribution in [0.15, 0.2) is 23.7 Å². The molecule has 108 valence electrons. The van der Waals surface area contributed by atoms with Crippen LogP contribution in [0.2, 0.25) is 0 Å². The molecule has 1 atom stereocenters. The molecule has 0 bridgehead atoms. The number of rotatable bonds is 2. The molecule has 3 rings (SSSR count). The van der Waals surface area contributed by atoms with E-state index in [2.05, 4.69) is 4.98 Å². The van der Waals surface area contributed by atoms with Gasteiger partial charge in [-0.05, 0) is 31.9 Å². The summed E-state index contributed by atoms with van der Waals surface area (Å²) in [5.74, 6) is -0.0879. The van der Waals surface area contributed by atoms with Crippen LogP contribution in [-0.2, 0) is 6.42 Å². The summed E-state index contributed by atoms with van der Waals surface area (Å²) in [5.41, 5.74) is 4.02. The Morgan fingerprint density at radius 1 is 1.52 bits per heavy atom. The fraction of sp³-hybridized carbons (Fsp3) is 0.286. The van der Waals surface area contributed by atoms with Gasteiger partial charge in [-0.25, -0.2) is 4.98 Å². The van der Waals surface area contributed by atoms with Crippen LogP contribution in [0.5, 0.6) is 0 Å². The van der Waals surface area contributed by atoms with Crippen molar-refractivity contribution in [3.8, 4) is 0 Å². The van der Waals surface area contributed by atoms with Gasteiger partial charge >= 0.3 is 0 Å². The minimum absolute atomic E-state index is 0.0176. The summed E-state index contributed by atoms with van der Waals surface area (Å²) < 4.78 is 0. The van der Waals surface area contributed by atoms with Gasteiger partial charge in [-0.3, -0.25) is 14.9 Å². The number of nitro benzene ring substituents is 1. The summed E-state index contributed by atoms with van der Waals surface area (Å²) in [6.07, 6.45) is 0.626. The number of nitro groups is 1. The average Bonchev–Trinajstić information content (AvgIpc) is 2.99. The Labute approximate surface area is 125 Å². The Kier molecular flexibility index (Phi) is 3.21. The average molecular weight is 303 g/mol. The summed E-state index contributed by atoms with van der Waals surface area (Å²) in [6.45, 7) is 3.75. The molecule has 2 heterocycles. The molecule has 0 spiro atoms. The molecule has 0 saturated carbocycles. The van der Waals surface area contributed by atoms with E-state index in [0.29, 0.717) is 17.0 Å². The molecule has 0 N–H and O–H groups in total. The van der Waals surface area contributed by atoms with Gasteiger partial charge in [-0.1, -0.05) is 0 Å². The highest BCUT2D eigenvalue weighted by atomic mass is 32.1. The number of hydrogen-bond acceptors (Lipinski definition) is 5. The first-order valence-corrected chi connectivity index (χ1v) is 7.38. The Bertz CT molecular complexity index is 741. The van der Waals surface area contributed by atoms with Crippen molar-refractivity contribution in [3.63, 3.8) is 0 Å². The second-order valence-electron chi connectivity index (χ2n) is 5.07. The zero-order chi connectivity index (χ0) is 15.1. The number of carbonyl (C=O) groups is 1. The van der Waals surface area contributed by atoms with Crippen molar-refractivity contribution in [2.75, 3.05) is 4.90 Å².